The smallest absolute Gasteiger partial charge is 0.181 e. The third-order valence-electron chi connectivity index (χ3n) is 2.07. The predicted octanol–water partition coefficient (Wildman–Crippen LogP) is 0.842. The summed E-state index contributed by atoms with van der Waals surface area (Å²) in [6, 6.07) is 1.94. The molecular formula is C9H12N4O. The molecule has 0 spiro atoms. The van der Waals surface area contributed by atoms with E-state index in [9.17, 15) is 0 Å². The SMILES string of the molecule is Cc1cc(-c2ocnc2CN)n(C)n1. The molecular weight excluding hydrogens is 180 g/mol. The van der Waals surface area contributed by atoms with E-state index < -0.39 is 0 Å². The fourth-order valence-electron chi connectivity index (χ4n) is 1.45. The molecule has 0 bridgehead atoms. The van der Waals surface area contributed by atoms with Crippen LogP contribution in [0, 0.1) is 6.92 Å². The van der Waals surface area contributed by atoms with Gasteiger partial charge in [-0.25, -0.2) is 4.98 Å². The number of rotatable bonds is 2. The minimum atomic E-state index is 0.371. The number of aryl methyl sites for hydroxylation is 2. The van der Waals surface area contributed by atoms with Crippen LogP contribution in [-0.2, 0) is 13.6 Å². The van der Waals surface area contributed by atoms with Crippen molar-refractivity contribution in [2.24, 2.45) is 12.8 Å². The van der Waals surface area contributed by atoms with Crippen molar-refractivity contribution in [3.8, 4) is 11.5 Å². The third kappa shape index (κ3) is 1.31. The van der Waals surface area contributed by atoms with Crippen LogP contribution >= 0.6 is 0 Å². The maximum Gasteiger partial charge on any atom is 0.181 e. The van der Waals surface area contributed by atoms with Crippen LogP contribution in [0.25, 0.3) is 11.5 Å². The lowest BCUT2D eigenvalue weighted by molar-refractivity contribution is 0.562. The fourth-order valence-corrected chi connectivity index (χ4v) is 1.45. The number of nitrogens with zero attached hydrogens (tertiary/aromatic N) is 3. The third-order valence-corrected chi connectivity index (χ3v) is 2.07. The lowest BCUT2D eigenvalue weighted by Gasteiger charge is -1.98. The minimum Gasteiger partial charge on any atom is -0.442 e. The molecule has 0 fully saturated rings. The highest BCUT2D eigenvalue weighted by Gasteiger charge is 2.13. The van der Waals surface area contributed by atoms with Gasteiger partial charge in [-0.15, -0.1) is 0 Å². The first kappa shape index (κ1) is 8.96. The van der Waals surface area contributed by atoms with Crippen LogP contribution in [-0.4, -0.2) is 14.8 Å². The Morgan fingerprint density at radius 2 is 2.36 bits per heavy atom. The topological polar surface area (TPSA) is 69.9 Å². The highest BCUT2D eigenvalue weighted by atomic mass is 16.3. The van der Waals surface area contributed by atoms with Crippen molar-refractivity contribution in [3.05, 3.63) is 23.8 Å². The molecule has 0 aliphatic heterocycles. The van der Waals surface area contributed by atoms with Gasteiger partial charge >= 0.3 is 0 Å². The Bertz CT molecular complexity index is 443. The van der Waals surface area contributed by atoms with E-state index in [2.05, 4.69) is 10.1 Å². The van der Waals surface area contributed by atoms with Crippen LogP contribution in [0.5, 0.6) is 0 Å². The lowest BCUT2D eigenvalue weighted by atomic mass is 10.2. The van der Waals surface area contributed by atoms with Crippen molar-refractivity contribution < 1.29 is 4.42 Å². The molecule has 0 saturated heterocycles. The summed E-state index contributed by atoms with van der Waals surface area (Å²) in [5, 5.41) is 4.23. The zero-order valence-electron chi connectivity index (χ0n) is 8.19. The number of aromatic nitrogens is 3. The fraction of sp³-hybridized carbons (Fsp3) is 0.333. The molecule has 2 heterocycles. The van der Waals surface area contributed by atoms with Gasteiger partial charge in [0.15, 0.2) is 12.2 Å². The number of nitrogens with two attached hydrogens (primary N) is 1. The summed E-state index contributed by atoms with van der Waals surface area (Å²) in [6.45, 7) is 2.30. The molecule has 0 unspecified atom stereocenters. The van der Waals surface area contributed by atoms with Crippen LogP contribution in [0.2, 0.25) is 0 Å². The van der Waals surface area contributed by atoms with Crippen LogP contribution < -0.4 is 5.73 Å². The quantitative estimate of drug-likeness (QED) is 0.765. The molecule has 0 saturated carbocycles. The zero-order chi connectivity index (χ0) is 10.1. The summed E-state index contributed by atoms with van der Waals surface area (Å²) >= 11 is 0. The van der Waals surface area contributed by atoms with Crippen LogP contribution in [0.4, 0.5) is 0 Å². The lowest BCUT2D eigenvalue weighted by Crippen LogP contribution is -2.00. The van der Waals surface area contributed by atoms with Crippen LogP contribution in [0.3, 0.4) is 0 Å². The van der Waals surface area contributed by atoms with Crippen molar-refractivity contribution in [2.45, 2.75) is 13.5 Å². The minimum absolute atomic E-state index is 0.371. The Labute approximate surface area is 81.5 Å². The summed E-state index contributed by atoms with van der Waals surface area (Å²) < 4.78 is 7.04. The zero-order valence-corrected chi connectivity index (χ0v) is 8.19. The molecule has 0 aromatic carbocycles. The Morgan fingerprint density at radius 1 is 1.57 bits per heavy atom. The Morgan fingerprint density at radius 3 is 2.93 bits per heavy atom. The summed E-state index contributed by atoms with van der Waals surface area (Å²) in [7, 11) is 1.87. The Kier molecular flexibility index (Phi) is 2.09. The molecule has 5 heteroatoms. The largest absolute Gasteiger partial charge is 0.442 e. The van der Waals surface area contributed by atoms with Gasteiger partial charge in [0.05, 0.1) is 5.69 Å². The average molecular weight is 192 g/mol. The molecule has 0 radical (unpaired) electrons. The van der Waals surface area contributed by atoms with Crippen molar-refractivity contribution in [1.29, 1.82) is 0 Å². The molecule has 0 aliphatic rings. The molecule has 5 nitrogen and oxygen atoms in total. The monoisotopic (exact) mass is 192 g/mol. The van der Waals surface area contributed by atoms with E-state index in [0.29, 0.717) is 12.3 Å². The van der Waals surface area contributed by atoms with Gasteiger partial charge in [0.2, 0.25) is 0 Å². The van der Waals surface area contributed by atoms with E-state index in [1.54, 1.807) is 4.68 Å². The van der Waals surface area contributed by atoms with Gasteiger partial charge in [-0.3, -0.25) is 4.68 Å². The summed E-state index contributed by atoms with van der Waals surface area (Å²) in [4.78, 5) is 4.03. The van der Waals surface area contributed by atoms with Crippen LogP contribution in [0.15, 0.2) is 16.9 Å². The van der Waals surface area contributed by atoms with E-state index in [1.807, 2.05) is 20.0 Å². The van der Waals surface area contributed by atoms with Crippen molar-refractivity contribution >= 4 is 0 Å². The van der Waals surface area contributed by atoms with Gasteiger partial charge in [0.1, 0.15) is 11.4 Å². The summed E-state index contributed by atoms with van der Waals surface area (Å²) in [6.07, 6.45) is 1.40. The molecule has 2 N–H and O–H groups in total. The van der Waals surface area contributed by atoms with E-state index in [0.717, 1.165) is 17.1 Å². The molecule has 0 aliphatic carbocycles. The second-order valence-electron chi connectivity index (χ2n) is 3.13. The van der Waals surface area contributed by atoms with E-state index >= 15 is 0 Å². The Balaban J connectivity index is 2.53. The maximum absolute atomic E-state index is 5.54. The predicted molar refractivity (Wildman–Crippen MR) is 51.3 cm³/mol. The van der Waals surface area contributed by atoms with Gasteiger partial charge in [0.25, 0.3) is 0 Å². The number of oxazole rings is 1. The van der Waals surface area contributed by atoms with Crippen LogP contribution in [0.1, 0.15) is 11.4 Å². The molecule has 74 valence electrons. The molecule has 14 heavy (non-hydrogen) atoms. The van der Waals surface area contributed by atoms with E-state index in [1.165, 1.54) is 6.39 Å². The van der Waals surface area contributed by atoms with Crippen molar-refractivity contribution in [1.82, 2.24) is 14.8 Å². The highest BCUT2D eigenvalue weighted by molar-refractivity contribution is 5.55. The van der Waals surface area contributed by atoms with Crippen molar-refractivity contribution in [2.75, 3.05) is 0 Å². The first-order valence-electron chi connectivity index (χ1n) is 4.36. The van der Waals surface area contributed by atoms with E-state index in [-0.39, 0.29) is 0 Å². The normalized spacial score (nSPS) is 10.8. The first-order chi connectivity index (χ1) is 6.72. The molecule has 2 aromatic heterocycles. The first-order valence-corrected chi connectivity index (χ1v) is 4.36. The molecule has 2 rings (SSSR count). The van der Waals surface area contributed by atoms with Crippen molar-refractivity contribution in [3.63, 3.8) is 0 Å². The van der Waals surface area contributed by atoms with Gasteiger partial charge in [-0.2, -0.15) is 5.10 Å². The number of hydrogen-bond donors (Lipinski definition) is 1. The van der Waals surface area contributed by atoms with E-state index in [4.69, 9.17) is 10.2 Å². The summed E-state index contributed by atoms with van der Waals surface area (Å²) in [5.41, 5.74) is 8.14. The second-order valence-corrected chi connectivity index (χ2v) is 3.13. The maximum atomic E-state index is 5.54. The number of hydrogen-bond acceptors (Lipinski definition) is 4. The van der Waals surface area contributed by atoms with Gasteiger partial charge < -0.3 is 10.2 Å². The standard InChI is InChI=1S/C9H12N4O/c1-6-3-8(13(2)12-6)9-7(4-10)11-5-14-9/h3,5H,4,10H2,1-2H3. The molecule has 0 amide bonds. The van der Waals surface area contributed by atoms with Gasteiger partial charge in [-0.1, -0.05) is 0 Å². The summed E-state index contributed by atoms with van der Waals surface area (Å²) in [5.74, 6) is 0.704. The second kappa shape index (κ2) is 3.26. The molecule has 2 aromatic rings. The Hall–Kier alpha value is -1.62. The molecule has 0 atom stereocenters. The highest BCUT2D eigenvalue weighted by Crippen LogP contribution is 2.22. The van der Waals surface area contributed by atoms with Gasteiger partial charge in [0, 0.05) is 13.6 Å². The average Bonchev–Trinajstić information content (AvgIpc) is 2.71. The van der Waals surface area contributed by atoms with Gasteiger partial charge in [-0.05, 0) is 13.0 Å².